The van der Waals surface area contributed by atoms with Crippen molar-refractivity contribution < 1.29 is 19.1 Å². The summed E-state index contributed by atoms with van der Waals surface area (Å²) in [5.74, 6) is -0.677. The summed E-state index contributed by atoms with van der Waals surface area (Å²) in [6.45, 7) is 7.91. The normalized spacial score (nSPS) is 10.6. The van der Waals surface area contributed by atoms with Gasteiger partial charge in [0.1, 0.15) is 17.9 Å². The number of aryl methyl sites for hydroxylation is 2. The molecule has 0 saturated carbocycles. The van der Waals surface area contributed by atoms with Gasteiger partial charge in [-0.3, -0.25) is 0 Å². The Kier molecular flexibility index (Phi) is 4.89. The molecule has 122 valence electrons. The van der Waals surface area contributed by atoms with Gasteiger partial charge in [-0.05, 0) is 51.5 Å². The van der Waals surface area contributed by atoms with E-state index in [0.29, 0.717) is 34.5 Å². The third-order valence-electron chi connectivity index (χ3n) is 3.71. The summed E-state index contributed by atoms with van der Waals surface area (Å²) < 4.78 is 11.0. The van der Waals surface area contributed by atoms with Crippen LogP contribution in [0.4, 0.5) is 0 Å². The minimum atomic E-state index is -1.31. The van der Waals surface area contributed by atoms with E-state index in [1.54, 1.807) is 26.0 Å². The minimum absolute atomic E-state index is 0.120. The molecule has 0 aliphatic rings. The van der Waals surface area contributed by atoms with Crippen LogP contribution in [0.5, 0.6) is 5.75 Å². The summed E-state index contributed by atoms with van der Waals surface area (Å²) in [6, 6.07) is 3.57. The molecule has 0 spiro atoms. The first-order valence-corrected chi connectivity index (χ1v) is 7.33. The maximum Gasteiger partial charge on any atom is 0.340 e. The highest BCUT2D eigenvalue weighted by molar-refractivity contribution is 5.86. The van der Waals surface area contributed by atoms with E-state index in [1.807, 2.05) is 19.9 Å². The molecule has 1 aromatic heterocycles. The number of allylic oxidation sites excluding steroid dienone is 1. The second kappa shape index (κ2) is 6.69. The maximum absolute atomic E-state index is 12.0. The first-order valence-electron chi connectivity index (χ1n) is 7.33. The van der Waals surface area contributed by atoms with E-state index < -0.39 is 18.0 Å². The second-order valence-corrected chi connectivity index (χ2v) is 5.70. The molecule has 0 amide bonds. The smallest absolute Gasteiger partial charge is 0.340 e. The number of benzene rings is 1. The minimum Gasteiger partial charge on any atom is -0.550 e. The van der Waals surface area contributed by atoms with Crippen molar-refractivity contribution in [1.29, 1.82) is 0 Å². The van der Waals surface area contributed by atoms with Crippen LogP contribution in [-0.4, -0.2) is 12.6 Å². The summed E-state index contributed by atoms with van der Waals surface area (Å²) in [7, 11) is 0. The van der Waals surface area contributed by atoms with E-state index in [-0.39, 0.29) is 5.56 Å². The van der Waals surface area contributed by atoms with E-state index in [9.17, 15) is 14.7 Å². The molecule has 0 saturated heterocycles. The lowest BCUT2D eigenvalue weighted by Gasteiger charge is -2.13. The van der Waals surface area contributed by atoms with Crippen LogP contribution < -0.4 is 15.5 Å². The van der Waals surface area contributed by atoms with Crippen molar-refractivity contribution in [2.75, 3.05) is 6.61 Å². The molecule has 0 radical (unpaired) electrons. The van der Waals surface area contributed by atoms with Gasteiger partial charge in [0.2, 0.25) is 0 Å². The maximum atomic E-state index is 12.0. The molecule has 0 N–H and O–H groups in total. The first-order chi connectivity index (χ1) is 10.8. The molecule has 0 unspecified atom stereocenters. The Labute approximate surface area is 134 Å². The van der Waals surface area contributed by atoms with Crippen molar-refractivity contribution in [3.8, 4) is 5.75 Å². The van der Waals surface area contributed by atoms with Crippen LogP contribution in [0.2, 0.25) is 0 Å². The number of carbonyl (C=O) groups excluding carboxylic acids is 1. The van der Waals surface area contributed by atoms with Gasteiger partial charge in [-0.15, -0.1) is 0 Å². The van der Waals surface area contributed by atoms with Gasteiger partial charge in [0.15, 0.2) is 0 Å². The van der Waals surface area contributed by atoms with Crippen LogP contribution in [0, 0.1) is 13.8 Å². The Balaban J connectivity index is 2.52. The van der Waals surface area contributed by atoms with Gasteiger partial charge in [0.25, 0.3) is 0 Å². The van der Waals surface area contributed by atoms with Gasteiger partial charge in [-0.1, -0.05) is 5.57 Å². The Morgan fingerprint density at radius 2 is 1.96 bits per heavy atom. The molecule has 23 heavy (non-hydrogen) atoms. The monoisotopic (exact) mass is 315 g/mol. The van der Waals surface area contributed by atoms with Crippen molar-refractivity contribution in [3.05, 3.63) is 50.9 Å². The number of carboxylic acid groups (broad SMARTS) is 1. The second-order valence-electron chi connectivity index (χ2n) is 5.70. The third-order valence-corrected chi connectivity index (χ3v) is 3.71. The van der Waals surface area contributed by atoms with E-state index in [4.69, 9.17) is 9.15 Å². The largest absolute Gasteiger partial charge is 0.550 e. The zero-order valence-corrected chi connectivity index (χ0v) is 13.7. The van der Waals surface area contributed by atoms with Crippen LogP contribution in [0.15, 0.2) is 33.0 Å². The summed E-state index contributed by atoms with van der Waals surface area (Å²) in [5, 5.41) is 11.5. The molecule has 5 nitrogen and oxygen atoms in total. The number of rotatable bonds is 5. The summed E-state index contributed by atoms with van der Waals surface area (Å²) >= 11 is 0. The summed E-state index contributed by atoms with van der Waals surface area (Å²) in [6.07, 6.45) is 1.50. The zero-order chi connectivity index (χ0) is 17.1. The number of aliphatic carboxylic acids is 1. The molecule has 1 heterocycles. The van der Waals surface area contributed by atoms with Crippen molar-refractivity contribution in [1.82, 2.24) is 0 Å². The number of carbonyl (C=O) groups is 1. The predicted octanol–water partition coefficient (Wildman–Crippen LogP) is 2.05. The quantitative estimate of drug-likeness (QED) is 0.623. The van der Waals surface area contributed by atoms with E-state index >= 15 is 0 Å². The number of ether oxygens (including phenoxy) is 1. The summed E-state index contributed by atoms with van der Waals surface area (Å²) in [4.78, 5) is 22.8. The Morgan fingerprint density at radius 3 is 2.57 bits per heavy atom. The van der Waals surface area contributed by atoms with Crippen molar-refractivity contribution in [2.45, 2.75) is 34.1 Å². The number of hydrogen-bond acceptors (Lipinski definition) is 5. The third kappa shape index (κ3) is 3.62. The first kappa shape index (κ1) is 16.8. The average molecular weight is 315 g/mol. The van der Waals surface area contributed by atoms with Crippen LogP contribution in [0.3, 0.4) is 0 Å². The highest BCUT2D eigenvalue weighted by Crippen LogP contribution is 2.29. The van der Waals surface area contributed by atoms with Crippen molar-refractivity contribution >= 4 is 16.9 Å². The Bertz CT molecular complexity index is 839. The predicted molar refractivity (Wildman–Crippen MR) is 85.6 cm³/mol. The highest BCUT2D eigenvalue weighted by Gasteiger charge is 2.15. The van der Waals surface area contributed by atoms with Gasteiger partial charge in [-0.25, -0.2) is 4.79 Å². The lowest BCUT2D eigenvalue weighted by molar-refractivity contribution is -0.304. The van der Waals surface area contributed by atoms with Crippen LogP contribution in [0.1, 0.15) is 30.5 Å². The molecule has 5 heteroatoms. The van der Waals surface area contributed by atoms with Gasteiger partial charge < -0.3 is 19.1 Å². The fourth-order valence-electron chi connectivity index (χ4n) is 2.37. The van der Waals surface area contributed by atoms with Gasteiger partial charge in [0.05, 0.1) is 0 Å². The lowest BCUT2D eigenvalue weighted by Crippen LogP contribution is -2.27. The van der Waals surface area contributed by atoms with E-state index in [2.05, 4.69) is 0 Å². The molecular weight excluding hydrogens is 296 g/mol. The molecule has 0 bridgehead atoms. The molecule has 0 fully saturated rings. The van der Waals surface area contributed by atoms with Crippen LogP contribution in [-0.2, 0) is 11.2 Å². The highest BCUT2D eigenvalue weighted by atomic mass is 16.5. The van der Waals surface area contributed by atoms with Gasteiger partial charge in [0, 0.05) is 28.9 Å². The number of fused-ring (bicyclic) bond motifs is 1. The average Bonchev–Trinajstić information content (AvgIpc) is 2.46. The lowest BCUT2D eigenvalue weighted by atomic mass is 10.0. The van der Waals surface area contributed by atoms with Crippen LogP contribution >= 0.6 is 0 Å². The van der Waals surface area contributed by atoms with Gasteiger partial charge >= 0.3 is 5.63 Å². The zero-order valence-electron chi connectivity index (χ0n) is 13.7. The summed E-state index contributed by atoms with van der Waals surface area (Å²) in [5.41, 5.74) is 2.35. The van der Waals surface area contributed by atoms with Crippen molar-refractivity contribution in [2.24, 2.45) is 0 Å². The Hall–Kier alpha value is -2.56. The molecule has 0 atom stereocenters. The van der Waals surface area contributed by atoms with Crippen molar-refractivity contribution in [3.63, 3.8) is 0 Å². The van der Waals surface area contributed by atoms with E-state index in [0.717, 1.165) is 5.57 Å². The molecule has 2 rings (SSSR count). The van der Waals surface area contributed by atoms with Gasteiger partial charge in [-0.2, -0.15) is 0 Å². The number of carboxylic acids is 1. The fraction of sp³-hybridized carbons (Fsp3) is 0.333. The van der Waals surface area contributed by atoms with Crippen LogP contribution in [0.25, 0.3) is 11.0 Å². The molecular formula is C18H19O5-. The Morgan fingerprint density at radius 1 is 1.26 bits per heavy atom. The fourth-order valence-corrected chi connectivity index (χ4v) is 2.37. The molecule has 0 aliphatic heterocycles. The van der Waals surface area contributed by atoms with E-state index in [1.165, 1.54) is 0 Å². The topological polar surface area (TPSA) is 79.6 Å². The SMILES string of the molecule is CC(C)=CCOc1ccc2c(C)c(CC(=O)[O-])c(=O)oc2c1C. The number of hydrogen-bond donors (Lipinski definition) is 0. The molecule has 2 aromatic rings. The standard InChI is InChI=1S/C18H20O5/c1-10(2)7-8-22-15-6-5-13-11(3)14(9-16(19)20)18(21)23-17(13)12(15)4/h5-7H,8-9H2,1-4H3,(H,19,20)/p-1. The molecule has 0 aliphatic carbocycles. The molecule has 1 aromatic carbocycles.